The molecule has 1 N–H and O–H groups in total. The van der Waals surface area contributed by atoms with E-state index in [4.69, 9.17) is 4.74 Å². The van der Waals surface area contributed by atoms with Crippen LogP contribution in [0.1, 0.15) is 16.7 Å². The highest BCUT2D eigenvalue weighted by atomic mass is 32.1. The van der Waals surface area contributed by atoms with Crippen molar-refractivity contribution >= 4 is 32.6 Å². The van der Waals surface area contributed by atoms with Crippen LogP contribution < -0.4 is 10.1 Å². The Morgan fingerprint density at radius 2 is 1.87 bits per heavy atom. The summed E-state index contributed by atoms with van der Waals surface area (Å²) in [5.74, 6) is 0.536. The Morgan fingerprint density at radius 1 is 1.13 bits per heavy atom. The number of rotatable bonds is 4. The van der Waals surface area contributed by atoms with Crippen molar-refractivity contribution in [2.45, 2.75) is 20.8 Å². The lowest BCUT2D eigenvalue weighted by Crippen LogP contribution is -2.20. The molecule has 3 aromatic rings. The number of fused-ring (bicyclic) bond motifs is 1. The molecule has 0 unspecified atom stereocenters. The minimum atomic E-state index is -0.207. The smallest absolute Gasteiger partial charge is 0.264 e. The Hall–Kier alpha value is -2.40. The van der Waals surface area contributed by atoms with E-state index in [2.05, 4.69) is 23.3 Å². The van der Waals surface area contributed by atoms with Gasteiger partial charge >= 0.3 is 0 Å². The summed E-state index contributed by atoms with van der Waals surface area (Å²) in [6.07, 6.45) is 0. The van der Waals surface area contributed by atoms with Gasteiger partial charge in [0.25, 0.3) is 5.91 Å². The number of para-hydroxylation sites is 1. The summed E-state index contributed by atoms with van der Waals surface area (Å²) < 4.78 is 6.70. The largest absolute Gasteiger partial charge is 0.483 e. The van der Waals surface area contributed by atoms with Gasteiger partial charge in [0.15, 0.2) is 11.7 Å². The molecule has 1 amide bonds. The van der Waals surface area contributed by atoms with Crippen LogP contribution in [-0.4, -0.2) is 17.5 Å². The number of ether oxygens (including phenoxy) is 1. The van der Waals surface area contributed by atoms with Crippen molar-refractivity contribution < 1.29 is 9.53 Å². The van der Waals surface area contributed by atoms with Crippen molar-refractivity contribution in [2.75, 3.05) is 11.9 Å². The lowest BCUT2D eigenvalue weighted by molar-refractivity contribution is -0.118. The third-order valence-electron chi connectivity index (χ3n) is 3.69. The molecule has 3 rings (SSSR count). The first-order valence-electron chi connectivity index (χ1n) is 7.39. The first-order valence-corrected chi connectivity index (χ1v) is 8.20. The Bertz CT molecular complexity index is 838. The molecule has 0 saturated carbocycles. The number of nitrogens with zero attached hydrogens (tertiary/aromatic N) is 1. The molecule has 0 aliphatic heterocycles. The van der Waals surface area contributed by atoms with E-state index in [9.17, 15) is 4.79 Å². The van der Waals surface area contributed by atoms with E-state index in [-0.39, 0.29) is 12.5 Å². The summed E-state index contributed by atoms with van der Waals surface area (Å²) in [6, 6.07) is 11.8. The van der Waals surface area contributed by atoms with Gasteiger partial charge in [0.05, 0.1) is 10.2 Å². The maximum absolute atomic E-state index is 12.1. The number of carbonyl (C=O) groups is 1. The third kappa shape index (κ3) is 3.51. The maximum Gasteiger partial charge on any atom is 0.264 e. The van der Waals surface area contributed by atoms with Gasteiger partial charge in [-0.05, 0) is 55.7 Å². The molecule has 0 saturated heterocycles. The summed E-state index contributed by atoms with van der Waals surface area (Å²) in [7, 11) is 0. The van der Waals surface area contributed by atoms with E-state index >= 15 is 0 Å². The van der Waals surface area contributed by atoms with Crippen molar-refractivity contribution in [3.05, 3.63) is 53.1 Å². The highest BCUT2D eigenvalue weighted by molar-refractivity contribution is 7.22. The van der Waals surface area contributed by atoms with Crippen LogP contribution in [0.5, 0.6) is 5.75 Å². The minimum absolute atomic E-state index is 0.0285. The average molecular weight is 326 g/mol. The zero-order valence-electron chi connectivity index (χ0n) is 13.3. The normalized spacial score (nSPS) is 10.7. The summed E-state index contributed by atoms with van der Waals surface area (Å²) in [4.78, 5) is 16.4. The maximum atomic E-state index is 12.1. The van der Waals surface area contributed by atoms with Crippen LogP contribution >= 0.6 is 11.3 Å². The first-order chi connectivity index (χ1) is 11.0. The summed E-state index contributed by atoms with van der Waals surface area (Å²) in [5.41, 5.74) is 4.28. The molecule has 23 heavy (non-hydrogen) atoms. The summed E-state index contributed by atoms with van der Waals surface area (Å²) in [6.45, 7) is 6.04. The number of anilines is 1. The quantitative estimate of drug-likeness (QED) is 0.780. The minimum Gasteiger partial charge on any atom is -0.483 e. The van der Waals surface area contributed by atoms with E-state index in [1.807, 2.05) is 44.2 Å². The van der Waals surface area contributed by atoms with E-state index in [0.717, 1.165) is 27.1 Å². The molecular formula is C18H18N2O2S. The Kier molecular flexibility index (Phi) is 4.30. The monoisotopic (exact) mass is 326 g/mol. The van der Waals surface area contributed by atoms with Crippen molar-refractivity contribution in [3.8, 4) is 5.75 Å². The fourth-order valence-corrected chi connectivity index (χ4v) is 3.20. The third-order valence-corrected chi connectivity index (χ3v) is 4.64. The molecule has 0 aliphatic rings. The number of nitrogens with one attached hydrogen (secondary N) is 1. The zero-order valence-corrected chi connectivity index (χ0v) is 14.2. The Labute approximate surface area is 139 Å². The van der Waals surface area contributed by atoms with Gasteiger partial charge in [-0.2, -0.15) is 0 Å². The van der Waals surface area contributed by atoms with E-state index in [0.29, 0.717) is 5.13 Å². The molecule has 118 valence electrons. The highest BCUT2D eigenvalue weighted by Crippen LogP contribution is 2.25. The number of aromatic nitrogens is 1. The second-order valence-corrected chi connectivity index (χ2v) is 6.56. The number of benzene rings is 2. The predicted octanol–water partition coefficient (Wildman–Crippen LogP) is 4.24. The van der Waals surface area contributed by atoms with Gasteiger partial charge in [-0.15, -0.1) is 0 Å². The van der Waals surface area contributed by atoms with E-state index < -0.39 is 0 Å². The van der Waals surface area contributed by atoms with Crippen LogP contribution in [-0.2, 0) is 4.79 Å². The fourth-order valence-electron chi connectivity index (χ4n) is 2.31. The fraction of sp³-hybridized carbons (Fsp3) is 0.222. The van der Waals surface area contributed by atoms with Gasteiger partial charge in [-0.3, -0.25) is 10.1 Å². The second-order valence-electron chi connectivity index (χ2n) is 5.53. The molecule has 2 aromatic carbocycles. The molecule has 0 aliphatic carbocycles. The molecule has 1 heterocycles. The second kappa shape index (κ2) is 6.38. The van der Waals surface area contributed by atoms with Crippen LogP contribution in [0.25, 0.3) is 10.2 Å². The molecule has 5 heteroatoms. The van der Waals surface area contributed by atoms with Crippen LogP contribution in [0.15, 0.2) is 36.4 Å². The number of hydrogen-bond acceptors (Lipinski definition) is 4. The van der Waals surface area contributed by atoms with E-state index in [1.54, 1.807) is 0 Å². The SMILES string of the molecule is Cc1cc(C)c(OCC(=O)Nc2nc3ccccc3s2)cc1C. The van der Waals surface area contributed by atoms with E-state index in [1.165, 1.54) is 16.9 Å². The van der Waals surface area contributed by atoms with Crippen molar-refractivity contribution in [2.24, 2.45) is 0 Å². The van der Waals surface area contributed by atoms with Gasteiger partial charge in [0.1, 0.15) is 5.75 Å². The topological polar surface area (TPSA) is 51.2 Å². The van der Waals surface area contributed by atoms with Gasteiger partial charge in [-0.1, -0.05) is 29.5 Å². The molecule has 1 aromatic heterocycles. The van der Waals surface area contributed by atoms with Crippen LogP contribution in [0.3, 0.4) is 0 Å². The van der Waals surface area contributed by atoms with Crippen LogP contribution in [0.4, 0.5) is 5.13 Å². The predicted molar refractivity (Wildman–Crippen MR) is 94.4 cm³/mol. The molecule has 0 radical (unpaired) electrons. The van der Waals surface area contributed by atoms with Gasteiger partial charge in [-0.25, -0.2) is 4.98 Å². The van der Waals surface area contributed by atoms with Gasteiger partial charge < -0.3 is 4.74 Å². The van der Waals surface area contributed by atoms with Crippen LogP contribution in [0, 0.1) is 20.8 Å². The molecule has 0 atom stereocenters. The lowest BCUT2D eigenvalue weighted by atomic mass is 10.1. The number of thiazole rings is 1. The Morgan fingerprint density at radius 3 is 2.65 bits per heavy atom. The zero-order chi connectivity index (χ0) is 16.4. The highest BCUT2D eigenvalue weighted by Gasteiger charge is 2.10. The standard InChI is InChI=1S/C18H18N2O2S/c1-11-8-13(3)15(9-12(11)2)22-10-17(21)20-18-19-14-6-4-5-7-16(14)23-18/h4-9H,10H2,1-3H3,(H,19,20,21). The van der Waals surface area contributed by atoms with Gasteiger partial charge in [0, 0.05) is 0 Å². The van der Waals surface area contributed by atoms with Crippen molar-refractivity contribution in [3.63, 3.8) is 0 Å². The average Bonchev–Trinajstić information content (AvgIpc) is 2.91. The molecule has 0 bridgehead atoms. The number of aryl methyl sites for hydroxylation is 3. The number of amides is 1. The summed E-state index contributed by atoms with van der Waals surface area (Å²) >= 11 is 1.46. The number of hydrogen-bond donors (Lipinski definition) is 1. The van der Waals surface area contributed by atoms with Gasteiger partial charge in [0.2, 0.25) is 0 Å². The Balaban J connectivity index is 1.64. The molecule has 4 nitrogen and oxygen atoms in total. The lowest BCUT2D eigenvalue weighted by Gasteiger charge is -2.11. The van der Waals surface area contributed by atoms with Crippen LogP contribution in [0.2, 0.25) is 0 Å². The first kappa shape index (κ1) is 15.5. The molecule has 0 spiro atoms. The van der Waals surface area contributed by atoms with Crippen molar-refractivity contribution in [1.29, 1.82) is 0 Å². The number of carbonyl (C=O) groups excluding carboxylic acids is 1. The molecular weight excluding hydrogens is 308 g/mol. The summed E-state index contributed by atoms with van der Waals surface area (Å²) in [5, 5.41) is 3.38. The molecule has 0 fully saturated rings. The van der Waals surface area contributed by atoms with Crippen molar-refractivity contribution in [1.82, 2.24) is 4.98 Å².